The number of rotatable bonds is 16. The number of phosphoric acid groups is 1. The highest BCUT2D eigenvalue weighted by molar-refractivity contribution is 7.47. The van der Waals surface area contributed by atoms with E-state index in [1.165, 1.54) is 63.4 Å². The standard InChI is InChI=1S/C54H89O8P/c1-12-37(33(3)4)16-15-36(7)45-22-23-46-44-20-18-39-30-41(24-26-53(39,10)47(44)25-27-54(45,46)11)61-63(57,58)62-42-31-40(59-49(55)32-42)19-21-43-35(6)14-17-38-28-34(5)29-48(50(38)43)60-51(56)52(8,9)13-2/h14,17,28,33-37,39-48,50H,12-13,15-16,18-27,29-32H2,1-11H3,(H,57,58)/t34-,35-,36+,37+,39-,40+,41?,42?,43-,44-,45?,46-,47-,48-,50-,53-,54+/m0/s1. The molecular formula is C54H89O8P. The molecule has 1 N–H and O–H groups in total. The number of phosphoric ester groups is 1. The summed E-state index contributed by atoms with van der Waals surface area (Å²) in [5.74, 6) is 6.37. The molecule has 4 saturated carbocycles. The van der Waals surface area contributed by atoms with Crippen molar-refractivity contribution in [1.82, 2.24) is 0 Å². The predicted octanol–water partition coefficient (Wildman–Crippen LogP) is 13.9. The molecule has 6 aliphatic carbocycles. The topological polar surface area (TPSA) is 108 Å². The number of esters is 2. The second-order valence-electron chi connectivity index (χ2n) is 24.1. The molecule has 0 aromatic rings. The van der Waals surface area contributed by atoms with Crippen LogP contribution in [0.15, 0.2) is 23.8 Å². The second kappa shape index (κ2) is 19.6. The van der Waals surface area contributed by atoms with Gasteiger partial charge in [-0.2, -0.15) is 0 Å². The molecule has 4 unspecified atom stereocenters. The van der Waals surface area contributed by atoms with Crippen LogP contribution in [0.4, 0.5) is 0 Å². The average molecular weight is 897 g/mol. The number of fused-ring (bicyclic) bond motifs is 6. The summed E-state index contributed by atoms with van der Waals surface area (Å²) >= 11 is 0. The molecule has 7 aliphatic rings. The molecule has 9 heteroatoms. The molecular weight excluding hydrogens is 808 g/mol. The van der Waals surface area contributed by atoms with Crippen molar-refractivity contribution in [2.45, 2.75) is 216 Å². The summed E-state index contributed by atoms with van der Waals surface area (Å²) in [6.07, 6.45) is 22.8. The number of carbonyl (C=O) groups is 2. The van der Waals surface area contributed by atoms with Gasteiger partial charge in [0.1, 0.15) is 12.2 Å². The van der Waals surface area contributed by atoms with Crippen LogP contribution in [-0.2, 0) is 32.7 Å². The van der Waals surface area contributed by atoms with Gasteiger partial charge in [0, 0.05) is 12.3 Å². The SMILES string of the molecule is CC[C@H](CC[C@@H](C)C1CC[C@H]2[C@@H]3CC[C@H]4CC(OP(=O)(O)OC5CC(=O)O[C@H](CC[C@@H]6[C@@H]7C(=C[C@H](C)C[C@@H]7OC(=O)C(C)(C)CC)C=C[C@@H]6C)C5)CC[C@]4(C)[C@H]3CC[C@]12C)C(C)C. The molecule has 8 nitrogen and oxygen atoms in total. The van der Waals surface area contributed by atoms with Crippen LogP contribution in [0.2, 0.25) is 0 Å². The van der Waals surface area contributed by atoms with Crippen LogP contribution >= 0.6 is 7.82 Å². The van der Waals surface area contributed by atoms with Gasteiger partial charge < -0.3 is 14.4 Å². The molecule has 18 atom stereocenters. The van der Waals surface area contributed by atoms with Crippen LogP contribution in [0.1, 0.15) is 192 Å². The zero-order valence-electron chi connectivity index (χ0n) is 41.4. The fraction of sp³-hybridized carbons (Fsp3) is 0.889. The van der Waals surface area contributed by atoms with Crippen LogP contribution in [0.5, 0.6) is 0 Å². The van der Waals surface area contributed by atoms with Crippen LogP contribution < -0.4 is 0 Å². The normalized spacial score (nSPS) is 42.1. The maximum Gasteiger partial charge on any atom is 0.472 e. The number of cyclic esters (lactones) is 1. The van der Waals surface area contributed by atoms with Gasteiger partial charge in [-0.1, -0.05) is 93.4 Å². The minimum Gasteiger partial charge on any atom is -0.462 e. The number of ether oxygens (including phenoxy) is 2. The first kappa shape index (κ1) is 49.4. The van der Waals surface area contributed by atoms with E-state index in [1.54, 1.807) is 0 Å². The van der Waals surface area contributed by atoms with Crippen LogP contribution in [0, 0.1) is 87.3 Å². The van der Waals surface area contributed by atoms with Gasteiger partial charge in [-0.15, -0.1) is 0 Å². The van der Waals surface area contributed by atoms with Gasteiger partial charge in [0.15, 0.2) is 0 Å². The van der Waals surface area contributed by atoms with E-state index in [0.29, 0.717) is 36.5 Å². The minimum absolute atomic E-state index is 0.0586. The van der Waals surface area contributed by atoms with Crippen molar-refractivity contribution < 1.29 is 37.6 Å². The van der Waals surface area contributed by atoms with Crippen molar-refractivity contribution >= 4 is 19.8 Å². The Morgan fingerprint density at radius 3 is 2.35 bits per heavy atom. The third-order valence-corrected chi connectivity index (χ3v) is 20.9. The minimum atomic E-state index is -4.43. The first-order valence-corrected chi connectivity index (χ1v) is 27.7. The molecule has 0 aromatic carbocycles. The summed E-state index contributed by atoms with van der Waals surface area (Å²) in [6, 6.07) is 0. The largest absolute Gasteiger partial charge is 0.472 e. The summed E-state index contributed by atoms with van der Waals surface area (Å²) in [7, 11) is -4.43. The van der Waals surface area contributed by atoms with E-state index in [0.717, 1.165) is 73.5 Å². The molecule has 7 rings (SSSR count). The van der Waals surface area contributed by atoms with Gasteiger partial charge in [0.05, 0.1) is 24.0 Å². The Morgan fingerprint density at radius 1 is 0.921 bits per heavy atom. The van der Waals surface area contributed by atoms with E-state index in [2.05, 4.69) is 73.6 Å². The molecule has 1 aliphatic heterocycles. The first-order valence-electron chi connectivity index (χ1n) is 26.2. The number of hydrogen-bond acceptors (Lipinski definition) is 7. The quantitative estimate of drug-likeness (QED) is 0.121. The van der Waals surface area contributed by atoms with E-state index in [1.807, 2.05) is 20.8 Å². The maximum absolute atomic E-state index is 13.8. The van der Waals surface area contributed by atoms with E-state index >= 15 is 0 Å². The molecule has 5 fully saturated rings. The molecule has 63 heavy (non-hydrogen) atoms. The van der Waals surface area contributed by atoms with Crippen molar-refractivity contribution in [2.75, 3.05) is 0 Å². The monoisotopic (exact) mass is 897 g/mol. The van der Waals surface area contributed by atoms with Gasteiger partial charge in [-0.3, -0.25) is 18.6 Å². The molecule has 0 radical (unpaired) electrons. The zero-order chi connectivity index (χ0) is 45.6. The lowest BCUT2D eigenvalue weighted by Gasteiger charge is -2.61. The molecule has 0 bridgehead atoms. The van der Waals surface area contributed by atoms with Crippen LogP contribution in [-0.4, -0.2) is 41.2 Å². The highest BCUT2D eigenvalue weighted by atomic mass is 31.2. The van der Waals surface area contributed by atoms with Crippen molar-refractivity contribution in [1.29, 1.82) is 0 Å². The maximum atomic E-state index is 13.8. The molecule has 0 spiro atoms. The Bertz CT molecular complexity index is 1720. The number of allylic oxidation sites excluding steroid dienone is 3. The lowest BCUT2D eigenvalue weighted by Crippen LogP contribution is -2.54. The third-order valence-electron chi connectivity index (χ3n) is 19.7. The molecule has 0 aromatic heterocycles. The Hall–Kier alpha value is -1.47. The molecule has 1 saturated heterocycles. The lowest BCUT2D eigenvalue weighted by atomic mass is 9.44. The Labute approximate surface area is 383 Å². The highest BCUT2D eigenvalue weighted by Gasteiger charge is 2.61. The van der Waals surface area contributed by atoms with Crippen LogP contribution in [0.3, 0.4) is 0 Å². The Kier molecular flexibility index (Phi) is 15.4. The van der Waals surface area contributed by atoms with Gasteiger partial charge in [-0.25, -0.2) is 4.57 Å². The van der Waals surface area contributed by atoms with Crippen molar-refractivity contribution in [3.8, 4) is 0 Å². The van der Waals surface area contributed by atoms with Gasteiger partial charge >= 0.3 is 19.8 Å². The van der Waals surface area contributed by atoms with E-state index < -0.39 is 31.4 Å². The summed E-state index contributed by atoms with van der Waals surface area (Å²) < 4.78 is 37.9. The Morgan fingerprint density at radius 2 is 1.63 bits per heavy atom. The lowest BCUT2D eigenvalue weighted by molar-refractivity contribution is -0.166. The molecule has 0 amide bonds. The number of hydrogen-bond donors (Lipinski definition) is 1. The van der Waals surface area contributed by atoms with Crippen LogP contribution in [0.25, 0.3) is 0 Å². The second-order valence-corrected chi connectivity index (χ2v) is 25.5. The molecule has 1 heterocycles. The first-order chi connectivity index (χ1) is 29.7. The third kappa shape index (κ3) is 10.5. The summed E-state index contributed by atoms with van der Waals surface area (Å²) in [5.41, 5.74) is 1.38. The summed E-state index contributed by atoms with van der Waals surface area (Å²) in [4.78, 5) is 37.5. The fourth-order valence-corrected chi connectivity index (χ4v) is 16.7. The molecule has 358 valence electrons. The van der Waals surface area contributed by atoms with E-state index in [9.17, 15) is 19.0 Å². The summed E-state index contributed by atoms with van der Waals surface area (Å²) in [6.45, 7) is 25.3. The van der Waals surface area contributed by atoms with Crippen molar-refractivity contribution in [3.05, 3.63) is 23.8 Å². The van der Waals surface area contributed by atoms with Gasteiger partial charge in [0.25, 0.3) is 0 Å². The van der Waals surface area contributed by atoms with Gasteiger partial charge in [0.2, 0.25) is 0 Å². The predicted molar refractivity (Wildman–Crippen MR) is 251 cm³/mol. The van der Waals surface area contributed by atoms with Crippen molar-refractivity contribution in [2.24, 2.45) is 87.3 Å². The fourth-order valence-electron chi connectivity index (χ4n) is 15.5. The smallest absolute Gasteiger partial charge is 0.462 e. The zero-order valence-corrected chi connectivity index (χ0v) is 42.3. The van der Waals surface area contributed by atoms with Gasteiger partial charge in [-0.05, 0) is 185 Å². The average Bonchev–Trinajstić information content (AvgIpc) is 3.57. The van der Waals surface area contributed by atoms with E-state index in [4.69, 9.17) is 18.5 Å². The highest BCUT2D eigenvalue weighted by Crippen LogP contribution is 2.69. The summed E-state index contributed by atoms with van der Waals surface area (Å²) in [5, 5.41) is 0. The Balaban J connectivity index is 0.919. The van der Waals surface area contributed by atoms with Crippen molar-refractivity contribution in [3.63, 3.8) is 0 Å². The van der Waals surface area contributed by atoms with E-state index in [-0.39, 0.29) is 47.8 Å². The number of carbonyl (C=O) groups excluding carboxylic acids is 2.